The molecule has 0 bridgehead atoms. The Morgan fingerprint density at radius 3 is 1.76 bits per heavy atom. The van der Waals surface area contributed by atoms with E-state index in [-0.39, 0.29) is 57.2 Å². The number of hydrogen-bond acceptors (Lipinski definition) is 7. The molecule has 49 heavy (non-hydrogen) atoms. The van der Waals surface area contributed by atoms with Gasteiger partial charge in [-0.05, 0) is 80.4 Å². The summed E-state index contributed by atoms with van der Waals surface area (Å²) in [6.07, 6.45) is 2.65. The highest BCUT2D eigenvalue weighted by Crippen LogP contribution is 2.38. The molecule has 0 fully saturated rings. The Morgan fingerprint density at radius 2 is 1.24 bits per heavy atom. The van der Waals surface area contributed by atoms with E-state index in [2.05, 4.69) is 46.5 Å². The first-order chi connectivity index (χ1) is 22.5. The van der Waals surface area contributed by atoms with Gasteiger partial charge in [0.15, 0.2) is 0 Å². The number of anilines is 2. The van der Waals surface area contributed by atoms with E-state index in [9.17, 15) is 34.4 Å². The Kier molecular flexibility index (Phi) is 13.7. The minimum Gasteiger partial charge on any atom is -0.363 e. The highest BCUT2D eigenvalue weighted by atomic mass is 79.9. The Labute approximate surface area is 316 Å². The average Bonchev–Trinajstić information content (AvgIpc) is 2.98. The van der Waals surface area contributed by atoms with E-state index in [1.807, 2.05) is 0 Å². The van der Waals surface area contributed by atoms with Gasteiger partial charge in [0.1, 0.15) is 15.9 Å². The van der Waals surface area contributed by atoms with Crippen molar-refractivity contribution in [2.24, 2.45) is 0 Å². The van der Waals surface area contributed by atoms with Crippen LogP contribution in [0.15, 0.2) is 79.9 Å². The van der Waals surface area contributed by atoms with E-state index in [0.29, 0.717) is 13.8 Å². The molecular formula is C28H22Br2Cl4F4N4O5S2. The van der Waals surface area contributed by atoms with Gasteiger partial charge in [0.2, 0.25) is 0 Å². The number of nitrogens with one attached hydrogen (secondary N) is 1. The van der Waals surface area contributed by atoms with Crippen molar-refractivity contribution in [1.29, 1.82) is 0 Å². The fraction of sp³-hybridized carbons (Fsp3) is 0.214. The standard InChI is InChI=1S/C15H13BrCl2F2N2O3S.C13H9BrCl2F2N2O2S/c1-15(19,20)11-6-10(3-4-12(11)18)26(23,24)22(8-25-2)13-5-9(17)7-21-14(13)16;1-13(17,18)9-5-8(2-3-10(9)16)23(21,22)20-11-4-7(15)6-19-12(11)14/h3-7H,8H2,1-2H3;2-6,20H,1H3. The Bertz CT molecular complexity index is 2080. The second-order valence-electron chi connectivity index (χ2n) is 9.89. The van der Waals surface area contributed by atoms with Gasteiger partial charge in [0.05, 0.1) is 31.2 Å². The van der Waals surface area contributed by atoms with Gasteiger partial charge in [-0.1, -0.05) is 46.4 Å². The zero-order valence-corrected chi connectivity index (χ0v) is 32.8. The summed E-state index contributed by atoms with van der Waals surface area (Å²) < 4.78 is 114. The summed E-state index contributed by atoms with van der Waals surface area (Å²) >= 11 is 29.4. The van der Waals surface area contributed by atoms with Crippen molar-refractivity contribution >= 4 is 110 Å². The number of aromatic nitrogens is 2. The van der Waals surface area contributed by atoms with Crippen molar-refractivity contribution < 1.29 is 39.1 Å². The first-order valence-electron chi connectivity index (χ1n) is 13.0. The van der Waals surface area contributed by atoms with Crippen molar-refractivity contribution in [3.63, 3.8) is 0 Å². The molecule has 0 radical (unpaired) electrons. The lowest BCUT2D eigenvalue weighted by molar-refractivity contribution is 0.0166. The third-order valence-electron chi connectivity index (χ3n) is 6.07. The summed E-state index contributed by atoms with van der Waals surface area (Å²) in [5.41, 5.74) is -0.998. The SMILES string of the molecule is CC(F)(F)c1cc(S(=O)(=O)Nc2cc(Cl)cnc2Br)ccc1Cl.COCN(c1cc(Cl)cnc1Br)S(=O)(=O)c1ccc(Cl)c(C(C)(F)F)c1. The van der Waals surface area contributed by atoms with Crippen LogP contribution >= 0.6 is 78.3 Å². The summed E-state index contributed by atoms with van der Waals surface area (Å²) in [5, 5.41) is -0.0541. The number of alkyl halides is 4. The highest BCUT2D eigenvalue weighted by Gasteiger charge is 2.33. The van der Waals surface area contributed by atoms with Gasteiger partial charge in [0.25, 0.3) is 31.9 Å². The van der Waals surface area contributed by atoms with Crippen LogP contribution in [0.4, 0.5) is 28.9 Å². The number of methoxy groups -OCH3 is 1. The Morgan fingerprint density at radius 1 is 0.776 bits per heavy atom. The topological polar surface area (TPSA) is 119 Å². The van der Waals surface area contributed by atoms with Gasteiger partial charge in [-0.25, -0.2) is 48.7 Å². The molecule has 0 aliphatic heterocycles. The van der Waals surface area contributed by atoms with Crippen LogP contribution in [0.5, 0.6) is 0 Å². The van der Waals surface area contributed by atoms with E-state index in [1.54, 1.807) is 0 Å². The molecule has 0 saturated heterocycles. The molecule has 0 spiro atoms. The zero-order valence-electron chi connectivity index (χ0n) is 25.0. The molecule has 21 heteroatoms. The van der Waals surface area contributed by atoms with Crippen LogP contribution in [0.2, 0.25) is 20.1 Å². The minimum atomic E-state index is -4.27. The molecule has 0 unspecified atom stereocenters. The lowest BCUT2D eigenvalue weighted by Gasteiger charge is -2.25. The maximum Gasteiger partial charge on any atom is 0.272 e. The van der Waals surface area contributed by atoms with Gasteiger partial charge >= 0.3 is 0 Å². The predicted molar refractivity (Wildman–Crippen MR) is 188 cm³/mol. The van der Waals surface area contributed by atoms with Crippen molar-refractivity contribution in [3.05, 3.63) is 101 Å². The molecule has 0 aliphatic carbocycles. The maximum atomic E-state index is 13.7. The average molecular weight is 936 g/mol. The molecule has 0 saturated carbocycles. The lowest BCUT2D eigenvalue weighted by atomic mass is 10.1. The predicted octanol–water partition coefficient (Wildman–Crippen LogP) is 10.1. The van der Waals surface area contributed by atoms with Gasteiger partial charge in [-0.15, -0.1) is 0 Å². The number of pyridine rings is 2. The summed E-state index contributed by atoms with van der Waals surface area (Å²) in [4.78, 5) is 7.06. The van der Waals surface area contributed by atoms with Gasteiger partial charge in [-0.3, -0.25) is 4.72 Å². The van der Waals surface area contributed by atoms with E-state index < -0.39 is 43.0 Å². The summed E-state index contributed by atoms with van der Waals surface area (Å²) in [6, 6.07) is 8.85. The molecule has 4 aromatic rings. The molecule has 2 aromatic heterocycles. The smallest absolute Gasteiger partial charge is 0.272 e. The van der Waals surface area contributed by atoms with Crippen molar-refractivity contribution in [2.45, 2.75) is 35.5 Å². The summed E-state index contributed by atoms with van der Waals surface area (Å²) in [5.74, 6) is -6.59. The second kappa shape index (κ2) is 16.2. The summed E-state index contributed by atoms with van der Waals surface area (Å²) in [6.45, 7) is 0.883. The van der Waals surface area contributed by atoms with E-state index in [1.165, 1.54) is 31.6 Å². The number of halogens is 10. The number of benzene rings is 2. The molecule has 0 atom stereocenters. The number of ether oxygens (including phenoxy) is 1. The van der Waals surface area contributed by atoms with Crippen LogP contribution < -0.4 is 9.03 Å². The van der Waals surface area contributed by atoms with Gasteiger partial charge in [0, 0.05) is 54.5 Å². The van der Waals surface area contributed by atoms with E-state index >= 15 is 0 Å². The van der Waals surface area contributed by atoms with Gasteiger partial charge in [-0.2, -0.15) is 0 Å². The fourth-order valence-electron chi connectivity index (χ4n) is 3.81. The minimum absolute atomic E-state index is 0.0808. The van der Waals surface area contributed by atoms with E-state index in [0.717, 1.165) is 40.7 Å². The van der Waals surface area contributed by atoms with Crippen LogP contribution in [-0.4, -0.2) is 40.6 Å². The third-order valence-corrected chi connectivity index (χ3v) is 11.5. The normalized spacial score (nSPS) is 12.3. The first-order valence-corrected chi connectivity index (χ1v) is 19.0. The number of sulfonamides is 2. The third kappa shape index (κ3) is 10.5. The van der Waals surface area contributed by atoms with Crippen LogP contribution in [0.25, 0.3) is 0 Å². The quantitative estimate of drug-likeness (QED) is 0.0956. The Balaban J connectivity index is 0.000000267. The molecule has 266 valence electrons. The van der Waals surface area contributed by atoms with Crippen molar-refractivity contribution in [3.8, 4) is 0 Å². The van der Waals surface area contributed by atoms with Crippen LogP contribution in [-0.2, 0) is 36.6 Å². The van der Waals surface area contributed by atoms with Crippen LogP contribution in [0.1, 0.15) is 25.0 Å². The molecule has 2 aromatic carbocycles. The van der Waals surface area contributed by atoms with Crippen molar-refractivity contribution in [2.75, 3.05) is 22.9 Å². The molecule has 0 aliphatic rings. The molecule has 4 rings (SSSR count). The molecule has 1 N–H and O–H groups in total. The second-order valence-corrected chi connectivity index (χ2v) is 16.6. The Hall–Kier alpha value is -1.96. The maximum absolute atomic E-state index is 13.7. The lowest BCUT2D eigenvalue weighted by Crippen LogP contribution is -2.33. The number of nitrogens with zero attached hydrogens (tertiary/aromatic N) is 3. The van der Waals surface area contributed by atoms with Crippen LogP contribution in [0.3, 0.4) is 0 Å². The number of rotatable bonds is 10. The van der Waals surface area contributed by atoms with Gasteiger partial charge < -0.3 is 4.74 Å². The summed E-state index contributed by atoms with van der Waals surface area (Å²) in [7, 11) is -7.10. The molecular weight excluding hydrogens is 914 g/mol. The number of hydrogen-bond donors (Lipinski definition) is 1. The first kappa shape index (κ1) is 41.5. The fourth-order valence-corrected chi connectivity index (χ4v) is 8.17. The van der Waals surface area contributed by atoms with Crippen molar-refractivity contribution in [1.82, 2.24) is 9.97 Å². The molecule has 9 nitrogen and oxygen atoms in total. The van der Waals surface area contributed by atoms with Crippen LogP contribution in [0, 0.1) is 0 Å². The monoisotopic (exact) mass is 932 g/mol. The molecule has 0 amide bonds. The van der Waals surface area contributed by atoms with E-state index in [4.69, 9.17) is 51.1 Å². The zero-order chi connectivity index (χ0) is 37.1. The largest absolute Gasteiger partial charge is 0.363 e. The highest BCUT2D eigenvalue weighted by molar-refractivity contribution is 9.10. The molecule has 2 heterocycles.